The molecule has 3 nitrogen and oxygen atoms in total. The molecule has 92 valence electrons. The van der Waals surface area contributed by atoms with Crippen molar-refractivity contribution in [2.75, 3.05) is 17.3 Å². The Morgan fingerprint density at radius 1 is 1.38 bits per heavy atom. The molecular formula is C11H20ClN3S. The third kappa shape index (κ3) is 3.32. The van der Waals surface area contributed by atoms with Gasteiger partial charge in [0.15, 0.2) is 0 Å². The van der Waals surface area contributed by atoms with Crippen molar-refractivity contribution in [3.63, 3.8) is 0 Å². The zero-order chi connectivity index (χ0) is 12.3. The second kappa shape index (κ2) is 5.32. The van der Waals surface area contributed by atoms with Crippen molar-refractivity contribution < 1.29 is 0 Å². The molecule has 1 aromatic heterocycles. The summed E-state index contributed by atoms with van der Waals surface area (Å²) in [6.07, 6.45) is 0. The van der Waals surface area contributed by atoms with Gasteiger partial charge in [-0.25, -0.2) is 4.98 Å². The summed E-state index contributed by atoms with van der Waals surface area (Å²) in [6, 6.07) is 0.402. The van der Waals surface area contributed by atoms with Gasteiger partial charge in [0.25, 0.3) is 0 Å². The van der Waals surface area contributed by atoms with E-state index in [-0.39, 0.29) is 5.41 Å². The molecule has 0 saturated carbocycles. The Kier molecular flexibility index (Phi) is 4.56. The molecule has 16 heavy (non-hydrogen) atoms. The highest BCUT2D eigenvalue weighted by atomic mass is 35.5. The van der Waals surface area contributed by atoms with Crippen molar-refractivity contribution in [1.29, 1.82) is 0 Å². The van der Waals surface area contributed by atoms with E-state index in [1.54, 1.807) is 0 Å². The molecule has 0 unspecified atom stereocenters. The molecular weight excluding hydrogens is 242 g/mol. The van der Waals surface area contributed by atoms with Gasteiger partial charge in [0.1, 0.15) is 5.82 Å². The topological polar surface area (TPSA) is 29.0 Å². The zero-order valence-electron chi connectivity index (χ0n) is 10.6. The van der Waals surface area contributed by atoms with E-state index in [1.165, 1.54) is 11.5 Å². The lowest BCUT2D eigenvalue weighted by molar-refractivity contribution is 0.553. The second-order valence-electron chi connectivity index (χ2n) is 5.13. The third-order valence-electron chi connectivity index (χ3n) is 2.28. The van der Waals surface area contributed by atoms with E-state index < -0.39 is 0 Å². The minimum Gasteiger partial charge on any atom is -0.343 e. The summed E-state index contributed by atoms with van der Waals surface area (Å²) in [4.78, 5) is 6.79. The first kappa shape index (κ1) is 13.7. The molecule has 5 heteroatoms. The molecule has 0 atom stereocenters. The van der Waals surface area contributed by atoms with Crippen LogP contribution in [0.15, 0.2) is 0 Å². The van der Waals surface area contributed by atoms with Crippen molar-refractivity contribution >= 4 is 28.3 Å². The minimum atomic E-state index is 0.0123. The average molecular weight is 262 g/mol. The maximum Gasteiger partial charge on any atom is 0.205 e. The molecule has 0 bridgehead atoms. The van der Waals surface area contributed by atoms with Crippen LogP contribution in [0.2, 0.25) is 0 Å². The first-order chi connectivity index (χ1) is 7.36. The van der Waals surface area contributed by atoms with Crippen molar-refractivity contribution in [2.24, 2.45) is 0 Å². The van der Waals surface area contributed by atoms with E-state index in [0.29, 0.717) is 11.9 Å². The van der Waals surface area contributed by atoms with Gasteiger partial charge in [-0.15, -0.1) is 11.6 Å². The van der Waals surface area contributed by atoms with Crippen molar-refractivity contribution in [3.05, 3.63) is 5.82 Å². The van der Waals surface area contributed by atoms with Crippen LogP contribution in [0, 0.1) is 0 Å². The number of anilines is 1. The van der Waals surface area contributed by atoms with Crippen LogP contribution in [0.25, 0.3) is 0 Å². The highest BCUT2D eigenvalue weighted by Gasteiger charge is 2.22. The van der Waals surface area contributed by atoms with Gasteiger partial charge in [0.05, 0.1) is 0 Å². The van der Waals surface area contributed by atoms with Crippen molar-refractivity contribution in [2.45, 2.75) is 46.1 Å². The van der Waals surface area contributed by atoms with Gasteiger partial charge < -0.3 is 4.90 Å². The summed E-state index contributed by atoms with van der Waals surface area (Å²) in [6.45, 7) is 11.5. The van der Waals surface area contributed by atoms with Crippen LogP contribution in [0.4, 0.5) is 5.13 Å². The van der Waals surface area contributed by atoms with Gasteiger partial charge in [-0.2, -0.15) is 4.37 Å². The second-order valence-corrected chi connectivity index (χ2v) is 6.23. The van der Waals surface area contributed by atoms with Crippen LogP contribution >= 0.6 is 23.1 Å². The van der Waals surface area contributed by atoms with Gasteiger partial charge in [-0.05, 0) is 13.8 Å². The lowest BCUT2D eigenvalue weighted by Crippen LogP contribution is -2.32. The van der Waals surface area contributed by atoms with E-state index in [1.807, 2.05) is 0 Å². The van der Waals surface area contributed by atoms with Crippen LogP contribution in [-0.4, -0.2) is 27.8 Å². The minimum absolute atomic E-state index is 0.0123. The van der Waals surface area contributed by atoms with E-state index in [4.69, 9.17) is 11.6 Å². The summed E-state index contributed by atoms with van der Waals surface area (Å²) in [5, 5.41) is 0.973. The Morgan fingerprint density at radius 2 is 2.00 bits per heavy atom. The van der Waals surface area contributed by atoms with Gasteiger partial charge in [0.2, 0.25) is 5.13 Å². The van der Waals surface area contributed by atoms with Gasteiger partial charge in [-0.1, -0.05) is 20.8 Å². The molecule has 0 spiro atoms. The molecule has 0 amide bonds. The monoisotopic (exact) mass is 261 g/mol. The fourth-order valence-electron chi connectivity index (χ4n) is 1.30. The van der Waals surface area contributed by atoms with Crippen LogP contribution < -0.4 is 4.90 Å². The molecule has 1 heterocycles. The number of hydrogen-bond acceptors (Lipinski definition) is 4. The Balaban J connectivity index is 2.90. The molecule has 0 aromatic carbocycles. The van der Waals surface area contributed by atoms with Crippen LogP contribution in [0.3, 0.4) is 0 Å². The number of nitrogens with zero attached hydrogens (tertiary/aromatic N) is 3. The van der Waals surface area contributed by atoms with E-state index in [9.17, 15) is 0 Å². The fourth-order valence-corrected chi connectivity index (χ4v) is 2.50. The van der Waals surface area contributed by atoms with E-state index in [0.717, 1.165) is 17.5 Å². The molecule has 0 aliphatic rings. The summed E-state index contributed by atoms with van der Waals surface area (Å²) < 4.78 is 4.42. The fraction of sp³-hybridized carbons (Fsp3) is 0.818. The first-order valence-corrected chi connectivity index (χ1v) is 6.84. The molecule has 0 saturated heterocycles. The molecule has 0 N–H and O–H groups in total. The Bertz CT molecular complexity index is 330. The number of rotatable bonds is 4. The molecule has 0 fully saturated rings. The van der Waals surface area contributed by atoms with Gasteiger partial charge in [-0.3, -0.25) is 0 Å². The van der Waals surface area contributed by atoms with Crippen LogP contribution in [0.5, 0.6) is 0 Å². The third-order valence-corrected chi connectivity index (χ3v) is 3.20. The van der Waals surface area contributed by atoms with Gasteiger partial charge in [0, 0.05) is 35.4 Å². The van der Waals surface area contributed by atoms with Crippen molar-refractivity contribution in [1.82, 2.24) is 9.36 Å². The Hall–Kier alpha value is -0.350. The number of hydrogen-bond donors (Lipinski definition) is 0. The maximum atomic E-state index is 5.80. The molecule has 0 radical (unpaired) electrons. The molecule has 0 aliphatic heterocycles. The largest absolute Gasteiger partial charge is 0.343 e. The highest BCUT2D eigenvalue weighted by molar-refractivity contribution is 7.09. The SMILES string of the molecule is CC(C)N(CCCl)c1nc(C(C)(C)C)ns1. The summed E-state index contributed by atoms with van der Waals surface area (Å²) in [5.74, 6) is 1.52. The first-order valence-electron chi connectivity index (χ1n) is 5.53. The molecule has 1 aromatic rings. The van der Waals surface area contributed by atoms with Crippen LogP contribution in [0.1, 0.15) is 40.4 Å². The average Bonchev–Trinajstić information content (AvgIpc) is 2.61. The summed E-state index contributed by atoms with van der Waals surface area (Å²) in [5.41, 5.74) is 0.0123. The van der Waals surface area contributed by atoms with Gasteiger partial charge >= 0.3 is 0 Å². The Morgan fingerprint density at radius 3 is 2.38 bits per heavy atom. The predicted octanol–water partition coefficient (Wildman–Crippen LogP) is 3.29. The quantitative estimate of drug-likeness (QED) is 0.779. The smallest absolute Gasteiger partial charge is 0.205 e. The van der Waals surface area contributed by atoms with Crippen molar-refractivity contribution in [3.8, 4) is 0 Å². The maximum absolute atomic E-state index is 5.80. The summed E-state index contributed by atoms with van der Waals surface area (Å²) >= 11 is 7.26. The predicted molar refractivity (Wildman–Crippen MR) is 71.8 cm³/mol. The normalized spacial score (nSPS) is 12.2. The number of halogens is 1. The standard InChI is InChI=1S/C11H20ClN3S/c1-8(2)15(7-6-12)10-13-9(14-16-10)11(3,4)5/h8H,6-7H2,1-5H3. The summed E-state index contributed by atoms with van der Waals surface area (Å²) in [7, 11) is 0. The van der Waals surface area contributed by atoms with E-state index in [2.05, 4.69) is 48.9 Å². The molecule has 1 rings (SSSR count). The highest BCUT2D eigenvalue weighted by Crippen LogP contribution is 2.26. The zero-order valence-corrected chi connectivity index (χ0v) is 12.2. The number of aromatic nitrogens is 2. The number of alkyl halides is 1. The lowest BCUT2D eigenvalue weighted by Gasteiger charge is -2.24. The lowest BCUT2D eigenvalue weighted by atomic mass is 9.96. The molecule has 0 aliphatic carbocycles. The Labute approximate surface area is 107 Å². The van der Waals surface area contributed by atoms with E-state index >= 15 is 0 Å². The van der Waals surface area contributed by atoms with Crippen LogP contribution in [-0.2, 0) is 5.41 Å².